The summed E-state index contributed by atoms with van der Waals surface area (Å²) in [7, 11) is -4.14. The molecule has 2 amide bonds. The number of rotatable bonds is 7. The number of hydrogen-bond acceptors (Lipinski definition) is 4. The molecule has 7 nitrogen and oxygen atoms in total. The first kappa shape index (κ1) is 24.9. The first-order chi connectivity index (χ1) is 16.0. The summed E-state index contributed by atoms with van der Waals surface area (Å²) in [5.74, 6) is -1.74. The van der Waals surface area contributed by atoms with Gasteiger partial charge in [0, 0.05) is 11.3 Å². The fourth-order valence-corrected chi connectivity index (χ4v) is 4.67. The zero-order chi connectivity index (χ0) is 25.0. The van der Waals surface area contributed by atoms with Crippen LogP contribution in [0.25, 0.3) is 0 Å². The molecule has 0 aromatic heterocycles. The third kappa shape index (κ3) is 5.79. The molecule has 0 saturated heterocycles. The molecular formula is C25H26FN3O4S. The molecule has 0 aliphatic heterocycles. The van der Waals surface area contributed by atoms with E-state index in [1.165, 1.54) is 36.4 Å². The lowest BCUT2D eigenvalue weighted by molar-refractivity contribution is -0.115. The summed E-state index contributed by atoms with van der Waals surface area (Å²) in [4.78, 5) is 24.9. The minimum atomic E-state index is -4.14. The smallest absolute Gasteiger partial charge is 0.262 e. The SMILES string of the molecule is Cc1cc(C)c(NC(=O)CNC(=O)c2cc(S(=O)(=O)Nc3ccccc3F)ccc2C)c(C)c1. The number of hydrogen-bond donors (Lipinski definition) is 3. The molecule has 0 fully saturated rings. The highest BCUT2D eigenvalue weighted by Gasteiger charge is 2.20. The minimum Gasteiger partial charge on any atom is -0.343 e. The molecule has 0 aliphatic carbocycles. The van der Waals surface area contributed by atoms with E-state index in [0.717, 1.165) is 22.8 Å². The fourth-order valence-electron chi connectivity index (χ4n) is 3.58. The fraction of sp³-hybridized carbons (Fsp3) is 0.200. The number of anilines is 2. The first-order valence-corrected chi connectivity index (χ1v) is 12.0. The van der Waals surface area contributed by atoms with Crippen LogP contribution in [0.5, 0.6) is 0 Å². The number of aryl methyl sites for hydroxylation is 4. The van der Waals surface area contributed by atoms with E-state index in [1.807, 2.05) is 32.9 Å². The van der Waals surface area contributed by atoms with Gasteiger partial charge < -0.3 is 10.6 Å². The van der Waals surface area contributed by atoms with Gasteiger partial charge in [0.15, 0.2) is 0 Å². The van der Waals surface area contributed by atoms with Gasteiger partial charge in [-0.1, -0.05) is 35.9 Å². The van der Waals surface area contributed by atoms with E-state index in [-0.39, 0.29) is 22.7 Å². The summed E-state index contributed by atoms with van der Waals surface area (Å²) in [6.45, 7) is 7.09. The van der Waals surface area contributed by atoms with Gasteiger partial charge in [0.05, 0.1) is 17.1 Å². The Kier molecular flexibility index (Phi) is 7.36. The molecule has 34 heavy (non-hydrogen) atoms. The second-order valence-electron chi connectivity index (χ2n) is 8.07. The molecule has 0 atom stereocenters. The van der Waals surface area contributed by atoms with Gasteiger partial charge >= 0.3 is 0 Å². The second kappa shape index (κ2) is 10.0. The first-order valence-electron chi connectivity index (χ1n) is 10.5. The lowest BCUT2D eigenvalue weighted by Gasteiger charge is -2.14. The molecule has 9 heteroatoms. The zero-order valence-corrected chi connectivity index (χ0v) is 20.1. The number of nitrogens with one attached hydrogen (secondary N) is 3. The molecule has 0 heterocycles. The summed E-state index contributed by atoms with van der Waals surface area (Å²) in [6, 6.07) is 13.3. The van der Waals surface area contributed by atoms with Gasteiger partial charge in [-0.2, -0.15) is 0 Å². The summed E-state index contributed by atoms with van der Waals surface area (Å²) < 4.78 is 41.5. The zero-order valence-electron chi connectivity index (χ0n) is 19.3. The van der Waals surface area contributed by atoms with Crippen molar-refractivity contribution in [3.05, 3.63) is 88.2 Å². The van der Waals surface area contributed by atoms with E-state index in [1.54, 1.807) is 6.92 Å². The largest absolute Gasteiger partial charge is 0.343 e. The molecular weight excluding hydrogens is 457 g/mol. The van der Waals surface area contributed by atoms with Crippen molar-refractivity contribution in [1.82, 2.24) is 5.32 Å². The number of sulfonamides is 1. The Morgan fingerprint density at radius 3 is 2.18 bits per heavy atom. The van der Waals surface area contributed by atoms with Crippen molar-refractivity contribution in [3.63, 3.8) is 0 Å². The molecule has 0 bridgehead atoms. The van der Waals surface area contributed by atoms with Crippen molar-refractivity contribution in [2.45, 2.75) is 32.6 Å². The molecule has 3 rings (SSSR count). The summed E-state index contributed by atoms with van der Waals surface area (Å²) >= 11 is 0. The number of amides is 2. The molecule has 0 aliphatic rings. The molecule has 178 valence electrons. The Labute approximate surface area is 198 Å². The Balaban J connectivity index is 1.72. The van der Waals surface area contributed by atoms with Crippen LogP contribution in [-0.2, 0) is 14.8 Å². The maximum Gasteiger partial charge on any atom is 0.262 e. The van der Waals surface area contributed by atoms with Crippen LogP contribution in [0.3, 0.4) is 0 Å². The Morgan fingerprint density at radius 2 is 1.53 bits per heavy atom. The van der Waals surface area contributed by atoms with Crippen LogP contribution in [-0.4, -0.2) is 26.8 Å². The highest BCUT2D eigenvalue weighted by atomic mass is 32.2. The number of carbonyl (C=O) groups excluding carboxylic acids is 2. The number of para-hydroxylation sites is 1. The van der Waals surface area contributed by atoms with Crippen LogP contribution in [0.4, 0.5) is 15.8 Å². The van der Waals surface area contributed by atoms with E-state index in [0.29, 0.717) is 11.3 Å². The van der Waals surface area contributed by atoms with Crippen molar-refractivity contribution in [3.8, 4) is 0 Å². The van der Waals surface area contributed by atoms with Gasteiger partial charge in [-0.15, -0.1) is 0 Å². The van der Waals surface area contributed by atoms with Gasteiger partial charge in [-0.05, 0) is 68.7 Å². The highest BCUT2D eigenvalue weighted by Crippen LogP contribution is 2.23. The summed E-state index contributed by atoms with van der Waals surface area (Å²) in [5.41, 5.74) is 4.00. The van der Waals surface area contributed by atoms with Crippen molar-refractivity contribution in [2.24, 2.45) is 0 Å². The van der Waals surface area contributed by atoms with Crippen molar-refractivity contribution in [1.29, 1.82) is 0 Å². The van der Waals surface area contributed by atoms with Crippen LogP contribution in [0, 0.1) is 33.5 Å². The van der Waals surface area contributed by atoms with Crippen LogP contribution in [0.2, 0.25) is 0 Å². The standard InChI is InChI=1S/C25H26FN3O4S/c1-15-11-17(3)24(18(4)12-15)28-23(30)14-27-25(31)20-13-19(10-9-16(20)2)34(32,33)29-22-8-6-5-7-21(22)26/h5-13,29H,14H2,1-4H3,(H,27,31)(H,28,30). The van der Waals surface area contributed by atoms with Crippen LogP contribution in [0.15, 0.2) is 59.5 Å². The maximum absolute atomic E-state index is 13.9. The van der Waals surface area contributed by atoms with Crippen LogP contribution < -0.4 is 15.4 Å². The molecule has 0 saturated carbocycles. The normalized spacial score (nSPS) is 11.1. The quantitative estimate of drug-likeness (QED) is 0.468. The highest BCUT2D eigenvalue weighted by molar-refractivity contribution is 7.92. The molecule has 3 aromatic carbocycles. The van der Waals surface area contributed by atoms with E-state index in [4.69, 9.17) is 0 Å². The Bertz CT molecular complexity index is 1350. The number of benzene rings is 3. The molecule has 3 N–H and O–H groups in total. The third-order valence-electron chi connectivity index (χ3n) is 5.23. The van der Waals surface area contributed by atoms with E-state index < -0.39 is 27.7 Å². The Morgan fingerprint density at radius 1 is 0.882 bits per heavy atom. The van der Waals surface area contributed by atoms with E-state index in [9.17, 15) is 22.4 Å². The number of carbonyl (C=O) groups is 2. The predicted molar refractivity (Wildman–Crippen MR) is 130 cm³/mol. The molecule has 0 unspecified atom stereocenters. The average Bonchev–Trinajstić information content (AvgIpc) is 2.76. The third-order valence-corrected chi connectivity index (χ3v) is 6.60. The van der Waals surface area contributed by atoms with Crippen molar-refractivity contribution < 1.29 is 22.4 Å². The van der Waals surface area contributed by atoms with Crippen LogP contribution in [0.1, 0.15) is 32.6 Å². The van der Waals surface area contributed by atoms with E-state index >= 15 is 0 Å². The van der Waals surface area contributed by atoms with Gasteiger partial charge in [-0.25, -0.2) is 12.8 Å². The molecule has 0 spiro atoms. The van der Waals surface area contributed by atoms with Crippen molar-refractivity contribution >= 4 is 33.2 Å². The summed E-state index contributed by atoms with van der Waals surface area (Å²) in [6.07, 6.45) is 0. The molecule has 3 aromatic rings. The lowest BCUT2D eigenvalue weighted by atomic mass is 10.1. The Hall–Kier alpha value is -3.72. The van der Waals surface area contributed by atoms with Crippen LogP contribution >= 0.6 is 0 Å². The topological polar surface area (TPSA) is 104 Å². The van der Waals surface area contributed by atoms with Gasteiger partial charge in [0.25, 0.3) is 15.9 Å². The second-order valence-corrected chi connectivity index (χ2v) is 9.75. The van der Waals surface area contributed by atoms with E-state index in [2.05, 4.69) is 15.4 Å². The monoisotopic (exact) mass is 483 g/mol. The minimum absolute atomic E-state index is 0.0897. The van der Waals surface area contributed by atoms with Gasteiger partial charge in [0.2, 0.25) is 5.91 Å². The predicted octanol–water partition coefficient (Wildman–Crippen LogP) is 4.23. The molecule has 0 radical (unpaired) electrons. The average molecular weight is 484 g/mol. The number of halogens is 1. The summed E-state index contributed by atoms with van der Waals surface area (Å²) in [5, 5.41) is 5.32. The van der Waals surface area contributed by atoms with Gasteiger partial charge in [-0.3, -0.25) is 14.3 Å². The lowest BCUT2D eigenvalue weighted by Crippen LogP contribution is -2.33. The van der Waals surface area contributed by atoms with Crippen molar-refractivity contribution in [2.75, 3.05) is 16.6 Å². The maximum atomic E-state index is 13.9. The van der Waals surface area contributed by atoms with Gasteiger partial charge in [0.1, 0.15) is 5.82 Å².